The van der Waals surface area contributed by atoms with Crippen LogP contribution in [0.4, 0.5) is 0 Å². The molecule has 0 aromatic carbocycles. The van der Waals surface area contributed by atoms with Crippen molar-refractivity contribution < 1.29 is 5.11 Å². The molecule has 0 radical (unpaired) electrons. The molecule has 2 aliphatic rings. The third-order valence-corrected chi connectivity index (χ3v) is 3.36. The standard InChI is InChI=1S/C8H11NOS/c10-7-1-3-9-5-6-2-4-11-8(6)7/h1,3,6,9-10H,2,4-5H2. The SMILES string of the molecule is OC1=C2SCCC2CNC=C1. The van der Waals surface area contributed by atoms with E-state index in [4.69, 9.17) is 0 Å². The van der Waals surface area contributed by atoms with Crippen LogP contribution >= 0.6 is 11.8 Å². The second-order valence-electron chi connectivity index (χ2n) is 2.83. The summed E-state index contributed by atoms with van der Waals surface area (Å²) in [4.78, 5) is 1.17. The van der Waals surface area contributed by atoms with E-state index in [-0.39, 0.29) is 0 Å². The Morgan fingerprint density at radius 3 is 3.45 bits per heavy atom. The predicted octanol–water partition coefficient (Wildman–Crippen LogP) is 1.63. The van der Waals surface area contributed by atoms with Crippen LogP contribution in [0.25, 0.3) is 0 Å². The smallest absolute Gasteiger partial charge is 0.126 e. The minimum Gasteiger partial charge on any atom is -0.507 e. The molecule has 60 valence electrons. The summed E-state index contributed by atoms with van der Waals surface area (Å²) in [5.41, 5.74) is 0. The molecular weight excluding hydrogens is 158 g/mol. The van der Waals surface area contributed by atoms with Gasteiger partial charge in [-0.2, -0.15) is 0 Å². The molecule has 11 heavy (non-hydrogen) atoms. The van der Waals surface area contributed by atoms with Crippen LogP contribution in [0, 0.1) is 5.92 Å². The Balaban J connectivity index is 2.29. The van der Waals surface area contributed by atoms with Gasteiger partial charge < -0.3 is 10.4 Å². The number of fused-ring (bicyclic) bond motifs is 1. The second kappa shape index (κ2) is 2.81. The van der Waals surface area contributed by atoms with Crippen LogP contribution in [-0.2, 0) is 0 Å². The fourth-order valence-electron chi connectivity index (χ4n) is 1.47. The van der Waals surface area contributed by atoms with Gasteiger partial charge in [-0.3, -0.25) is 0 Å². The van der Waals surface area contributed by atoms with Crippen molar-refractivity contribution in [2.75, 3.05) is 12.3 Å². The van der Waals surface area contributed by atoms with E-state index in [0.717, 1.165) is 12.3 Å². The summed E-state index contributed by atoms with van der Waals surface area (Å²) in [7, 11) is 0. The van der Waals surface area contributed by atoms with Gasteiger partial charge in [-0.15, -0.1) is 11.8 Å². The number of hydrogen-bond acceptors (Lipinski definition) is 3. The minimum absolute atomic E-state index is 0.461. The van der Waals surface area contributed by atoms with Gasteiger partial charge in [0.15, 0.2) is 0 Å². The lowest BCUT2D eigenvalue weighted by atomic mass is 10.1. The van der Waals surface area contributed by atoms with Crippen molar-refractivity contribution in [3.8, 4) is 0 Å². The maximum Gasteiger partial charge on any atom is 0.126 e. The Morgan fingerprint density at radius 2 is 2.55 bits per heavy atom. The number of hydrogen-bond donors (Lipinski definition) is 2. The van der Waals surface area contributed by atoms with Gasteiger partial charge in [0.05, 0.1) is 0 Å². The lowest BCUT2D eigenvalue weighted by Crippen LogP contribution is -2.15. The molecule has 0 aromatic rings. The zero-order valence-corrected chi connectivity index (χ0v) is 7.03. The van der Waals surface area contributed by atoms with E-state index in [1.807, 2.05) is 6.20 Å². The minimum atomic E-state index is 0.461. The monoisotopic (exact) mass is 169 g/mol. The van der Waals surface area contributed by atoms with Crippen molar-refractivity contribution in [2.24, 2.45) is 5.92 Å². The van der Waals surface area contributed by atoms with Gasteiger partial charge in [-0.25, -0.2) is 0 Å². The number of aliphatic hydroxyl groups is 1. The number of thioether (sulfide) groups is 1. The topological polar surface area (TPSA) is 32.3 Å². The molecule has 2 rings (SSSR count). The zero-order chi connectivity index (χ0) is 7.68. The number of nitrogens with one attached hydrogen (secondary N) is 1. The summed E-state index contributed by atoms with van der Waals surface area (Å²) < 4.78 is 0. The van der Waals surface area contributed by atoms with Crippen molar-refractivity contribution in [3.63, 3.8) is 0 Å². The van der Waals surface area contributed by atoms with E-state index in [1.54, 1.807) is 17.8 Å². The van der Waals surface area contributed by atoms with E-state index in [2.05, 4.69) is 5.32 Å². The highest BCUT2D eigenvalue weighted by atomic mass is 32.2. The Morgan fingerprint density at radius 1 is 1.64 bits per heavy atom. The van der Waals surface area contributed by atoms with Crippen LogP contribution in [0.1, 0.15) is 6.42 Å². The molecule has 1 fully saturated rings. The molecule has 0 spiro atoms. The van der Waals surface area contributed by atoms with E-state index in [1.165, 1.54) is 11.3 Å². The molecule has 1 unspecified atom stereocenters. The fraction of sp³-hybridized carbons (Fsp3) is 0.500. The summed E-state index contributed by atoms with van der Waals surface area (Å²) in [6, 6.07) is 0. The molecule has 3 heteroatoms. The van der Waals surface area contributed by atoms with Crippen molar-refractivity contribution >= 4 is 11.8 Å². The quantitative estimate of drug-likeness (QED) is 0.578. The Kier molecular flexibility index (Phi) is 1.82. The maximum absolute atomic E-state index is 9.49. The first-order valence-electron chi connectivity index (χ1n) is 3.84. The number of rotatable bonds is 0. The molecule has 2 heterocycles. The van der Waals surface area contributed by atoms with Crippen LogP contribution < -0.4 is 5.32 Å². The first kappa shape index (κ1) is 7.10. The lowest BCUT2D eigenvalue weighted by molar-refractivity contribution is 0.423. The highest BCUT2D eigenvalue weighted by Crippen LogP contribution is 2.38. The molecule has 0 aromatic heterocycles. The van der Waals surface area contributed by atoms with Gasteiger partial charge >= 0.3 is 0 Å². The molecule has 1 saturated heterocycles. The zero-order valence-electron chi connectivity index (χ0n) is 6.21. The van der Waals surface area contributed by atoms with E-state index in [0.29, 0.717) is 11.7 Å². The molecular formula is C8H11NOS. The molecule has 2 N–H and O–H groups in total. The predicted molar refractivity (Wildman–Crippen MR) is 47.4 cm³/mol. The molecule has 0 amide bonds. The molecule has 0 aliphatic carbocycles. The largest absolute Gasteiger partial charge is 0.507 e. The van der Waals surface area contributed by atoms with Crippen LogP contribution in [0.15, 0.2) is 22.9 Å². The summed E-state index contributed by atoms with van der Waals surface area (Å²) in [5.74, 6) is 2.16. The highest BCUT2D eigenvalue weighted by Gasteiger charge is 2.24. The van der Waals surface area contributed by atoms with E-state index in [9.17, 15) is 5.11 Å². The Labute approximate surface area is 70.4 Å². The number of aliphatic hydroxyl groups excluding tert-OH is 1. The fourth-order valence-corrected chi connectivity index (χ4v) is 2.74. The summed E-state index contributed by atoms with van der Waals surface area (Å²) in [6.07, 6.45) is 4.76. The van der Waals surface area contributed by atoms with Crippen LogP contribution in [0.2, 0.25) is 0 Å². The van der Waals surface area contributed by atoms with Gasteiger partial charge in [-0.05, 0) is 18.2 Å². The van der Waals surface area contributed by atoms with Crippen molar-refractivity contribution in [3.05, 3.63) is 22.9 Å². The Hall–Kier alpha value is -0.570. The van der Waals surface area contributed by atoms with Gasteiger partial charge in [0, 0.05) is 23.6 Å². The average Bonchev–Trinajstić information content (AvgIpc) is 2.40. The summed E-state index contributed by atoms with van der Waals surface area (Å²) >= 11 is 1.79. The maximum atomic E-state index is 9.49. The first-order valence-corrected chi connectivity index (χ1v) is 4.82. The van der Waals surface area contributed by atoms with E-state index >= 15 is 0 Å². The summed E-state index contributed by atoms with van der Waals surface area (Å²) in [6.45, 7) is 0.975. The van der Waals surface area contributed by atoms with Crippen LogP contribution in [-0.4, -0.2) is 17.4 Å². The molecule has 1 atom stereocenters. The van der Waals surface area contributed by atoms with Gasteiger partial charge in [0.25, 0.3) is 0 Å². The highest BCUT2D eigenvalue weighted by molar-refractivity contribution is 8.03. The second-order valence-corrected chi connectivity index (χ2v) is 3.96. The normalized spacial score (nSPS) is 29.6. The van der Waals surface area contributed by atoms with Crippen molar-refractivity contribution in [1.29, 1.82) is 0 Å². The molecule has 2 nitrogen and oxygen atoms in total. The van der Waals surface area contributed by atoms with Crippen molar-refractivity contribution in [2.45, 2.75) is 6.42 Å². The first-order chi connectivity index (χ1) is 5.38. The van der Waals surface area contributed by atoms with Crippen LogP contribution in [0.5, 0.6) is 0 Å². The lowest BCUT2D eigenvalue weighted by Gasteiger charge is -2.07. The van der Waals surface area contributed by atoms with Gasteiger partial charge in [0.2, 0.25) is 0 Å². The van der Waals surface area contributed by atoms with Crippen molar-refractivity contribution in [1.82, 2.24) is 5.32 Å². The third kappa shape index (κ3) is 1.25. The summed E-state index contributed by atoms with van der Waals surface area (Å²) in [5, 5.41) is 12.6. The molecule has 2 aliphatic heterocycles. The van der Waals surface area contributed by atoms with Crippen LogP contribution in [0.3, 0.4) is 0 Å². The Bertz CT molecular complexity index is 222. The van der Waals surface area contributed by atoms with Gasteiger partial charge in [0.1, 0.15) is 5.76 Å². The molecule has 0 bridgehead atoms. The number of allylic oxidation sites excluding steroid dienone is 1. The average molecular weight is 169 g/mol. The van der Waals surface area contributed by atoms with Gasteiger partial charge in [-0.1, -0.05) is 0 Å². The van der Waals surface area contributed by atoms with E-state index < -0.39 is 0 Å². The molecule has 0 saturated carbocycles. The third-order valence-electron chi connectivity index (χ3n) is 2.07.